The third-order valence-electron chi connectivity index (χ3n) is 4.23. The summed E-state index contributed by atoms with van der Waals surface area (Å²) in [5.41, 5.74) is 7.91. The highest BCUT2D eigenvalue weighted by Crippen LogP contribution is 2.38. The van der Waals surface area contributed by atoms with Gasteiger partial charge in [0.2, 0.25) is 11.9 Å². The summed E-state index contributed by atoms with van der Waals surface area (Å²) >= 11 is 3.46. The fraction of sp³-hybridized carbons (Fsp3) is 0.176. The van der Waals surface area contributed by atoms with Crippen molar-refractivity contribution in [1.82, 2.24) is 14.8 Å². The number of rotatable bonds is 2. The van der Waals surface area contributed by atoms with Gasteiger partial charge in [0.1, 0.15) is 5.82 Å². The maximum absolute atomic E-state index is 13.3. The second-order valence-corrected chi connectivity index (χ2v) is 6.71. The van der Waals surface area contributed by atoms with E-state index in [1.807, 2.05) is 12.1 Å². The first kappa shape index (κ1) is 15.1. The van der Waals surface area contributed by atoms with Gasteiger partial charge in [-0.05, 0) is 41.8 Å². The van der Waals surface area contributed by atoms with Crippen LogP contribution in [0.5, 0.6) is 0 Å². The Kier molecular flexibility index (Phi) is 3.72. The zero-order chi connectivity index (χ0) is 16.7. The number of hydrogen-bond acceptors (Lipinski definition) is 4. The van der Waals surface area contributed by atoms with Crippen LogP contribution in [0.1, 0.15) is 29.6 Å². The molecule has 1 aliphatic heterocycles. The minimum atomic E-state index is -0.254. The number of aromatic nitrogens is 3. The summed E-state index contributed by atoms with van der Waals surface area (Å²) in [5.74, 6) is 0.595. The minimum absolute atomic E-state index is 0.0553. The third-order valence-corrected chi connectivity index (χ3v) is 4.76. The van der Waals surface area contributed by atoms with Gasteiger partial charge in [-0.15, -0.1) is 5.10 Å². The monoisotopic (exact) mass is 387 g/mol. The van der Waals surface area contributed by atoms with Crippen molar-refractivity contribution >= 4 is 27.8 Å². The molecule has 3 N–H and O–H groups in total. The lowest BCUT2D eigenvalue weighted by Crippen LogP contribution is -2.28. The summed E-state index contributed by atoms with van der Waals surface area (Å²) in [7, 11) is 0. The first-order valence-corrected chi connectivity index (χ1v) is 8.39. The molecule has 122 valence electrons. The number of nitrogens with one attached hydrogen (secondary N) is 1. The van der Waals surface area contributed by atoms with Crippen LogP contribution in [0, 0.1) is 5.82 Å². The second-order valence-electron chi connectivity index (χ2n) is 5.79. The molecule has 0 spiro atoms. The number of nitrogens with zero attached hydrogens (tertiary/aromatic N) is 3. The Morgan fingerprint density at radius 3 is 2.46 bits per heavy atom. The number of anilines is 2. The number of halogens is 2. The molecule has 3 aromatic rings. The van der Waals surface area contributed by atoms with Crippen LogP contribution in [0.25, 0.3) is 0 Å². The van der Waals surface area contributed by atoms with Crippen LogP contribution in [0.15, 0.2) is 53.0 Å². The second kappa shape index (κ2) is 5.90. The van der Waals surface area contributed by atoms with Crippen LogP contribution < -0.4 is 11.1 Å². The van der Waals surface area contributed by atoms with Crippen LogP contribution in [0.4, 0.5) is 16.3 Å². The van der Waals surface area contributed by atoms with Gasteiger partial charge in [0.05, 0.1) is 12.1 Å². The van der Waals surface area contributed by atoms with Crippen molar-refractivity contribution in [3.63, 3.8) is 0 Å². The van der Waals surface area contributed by atoms with E-state index in [9.17, 15) is 4.39 Å². The zero-order valence-corrected chi connectivity index (χ0v) is 14.2. The van der Waals surface area contributed by atoms with Crippen molar-refractivity contribution in [2.75, 3.05) is 11.1 Å². The van der Waals surface area contributed by atoms with Gasteiger partial charge in [0.25, 0.3) is 0 Å². The highest BCUT2D eigenvalue weighted by atomic mass is 79.9. The highest BCUT2D eigenvalue weighted by Gasteiger charge is 2.30. The summed E-state index contributed by atoms with van der Waals surface area (Å²) in [6.07, 6.45) is 0.767. The fourth-order valence-corrected chi connectivity index (χ4v) is 3.33. The normalized spacial score (nSPS) is 19.6. The van der Waals surface area contributed by atoms with Gasteiger partial charge in [-0.25, -0.2) is 9.07 Å². The van der Waals surface area contributed by atoms with E-state index in [0.29, 0.717) is 5.95 Å². The molecule has 2 unspecified atom stereocenters. The molecule has 0 bridgehead atoms. The van der Waals surface area contributed by atoms with Gasteiger partial charge < -0.3 is 11.1 Å². The molecule has 0 radical (unpaired) electrons. The molecule has 0 saturated heterocycles. The Morgan fingerprint density at radius 2 is 1.75 bits per heavy atom. The van der Waals surface area contributed by atoms with E-state index in [4.69, 9.17) is 5.73 Å². The summed E-state index contributed by atoms with van der Waals surface area (Å²) in [5, 5.41) is 7.68. The first-order valence-electron chi connectivity index (χ1n) is 7.59. The van der Waals surface area contributed by atoms with Gasteiger partial charge in [0.15, 0.2) is 0 Å². The molecule has 2 atom stereocenters. The Hall–Kier alpha value is -2.41. The molecule has 1 aliphatic rings. The largest absolute Gasteiger partial charge is 0.366 e. The van der Waals surface area contributed by atoms with Crippen molar-refractivity contribution in [3.8, 4) is 0 Å². The quantitative estimate of drug-likeness (QED) is 0.699. The lowest BCUT2D eigenvalue weighted by molar-refractivity contribution is 0.431. The van der Waals surface area contributed by atoms with Gasteiger partial charge >= 0.3 is 0 Å². The van der Waals surface area contributed by atoms with Gasteiger partial charge in [0, 0.05) is 4.47 Å². The molecular weight excluding hydrogens is 373 g/mol. The van der Waals surface area contributed by atoms with E-state index in [1.54, 1.807) is 16.8 Å². The Morgan fingerprint density at radius 1 is 1.08 bits per heavy atom. The van der Waals surface area contributed by atoms with Crippen LogP contribution >= 0.6 is 15.9 Å². The fourth-order valence-electron chi connectivity index (χ4n) is 3.07. The number of fused-ring (bicyclic) bond motifs is 1. The van der Waals surface area contributed by atoms with E-state index < -0.39 is 0 Å². The predicted octanol–water partition coefficient (Wildman–Crippen LogP) is 3.91. The number of nitrogens with two attached hydrogens (primary N) is 1. The van der Waals surface area contributed by atoms with Crippen LogP contribution in [0.2, 0.25) is 0 Å². The van der Waals surface area contributed by atoms with Crippen molar-refractivity contribution in [1.29, 1.82) is 0 Å². The summed E-state index contributed by atoms with van der Waals surface area (Å²) in [6, 6.07) is 14.7. The number of nitrogen functional groups attached to an aromatic ring is 1. The lowest BCUT2D eigenvalue weighted by atomic mass is 9.93. The van der Waals surface area contributed by atoms with E-state index in [2.05, 4.69) is 43.5 Å². The average Bonchev–Trinajstić information content (AvgIpc) is 2.95. The molecular formula is C17H15BrFN5. The smallest absolute Gasteiger partial charge is 0.241 e. The van der Waals surface area contributed by atoms with Gasteiger partial charge in [-0.3, -0.25) is 0 Å². The van der Waals surface area contributed by atoms with E-state index >= 15 is 0 Å². The molecule has 5 nitrogen and oxygen atoms in total. The van der Waals surface area contributed by atoms with Crippen molar-refractivity contribution in [2.24, 2.45) is 0 Å². The van der Waals surface area contributed by atoms with E-state index in [-0.39, 0.29) is 23.8 Å². The average molecular weight is 388 g/mol. The number of benzene rings is 2. The molecule has 1 aromatic heterocycles. The van der Waals surface area contributed by atoms with Gasteiger partial charge in [-0.1, -0.05) is 40.2 Å². The molecule has 0 amide bonds. The van der Waals surface area contributed by atoms with Gasteiger partial charge in [-0.2, -0.15) is 4.98 Å². The Balaban J connectivity index is 1.74. The van der Waals surface area contributed by atoms with Crippen LogP contribution in [-0.2, 0) is 0 Å². The Bertz CT molecular complexity index is 860. The van der Waals surface area contributed by atoms with E-state index in [1.165, 1.54) is 12.1 Å². The maximum atomic E-state index is 13.3. The molecule has 0 saturated carbocycles. The predicted molar refractivity (Wildman–Crippen MR) is 94.1 cm³/mol. The molecule has 0 fully saturated rings. The van der Waals surface area contributed by atoms with Crippen molar-refractivity contribution < 1.29 is 4.39 Å². The van der Waals surface area contributed by atoms with Crippen molar-refractivity contribution in [2.45, 2.75) is 18.5 Å². The minimum Gasteiger partial charge on any atom is -0.366 e. The maximum Gasteiger partial charge on any atom is 0.241 e. The van der Waals surface area contributed by atoms with E-state index in [0.717, 1.165) is 22.0 Å². The summed E-state index contributed by atoms with van der Waals surface area (Å²) < 4.78 is 16.1. The molecule has 0 aliphatic carbocycles. The first-order chi connectivity index (χ1) is 11.6. The molecule has 2 heterocycles. The Labute approximate surface area is 146 Å². The summed E-state index contributed by atoms with van der Waals surface area (Å²) in [4.78, 5) is 4.27. The number of hydrogen-bond donors (Lipinski definition) is 2. The van der Waals surface area contributed by atoms with Crippen molar-refractivity contribution in [3.05, 3.63) is 69.9 Å². The molecule has 4 rings (SSSR count). The molecule has 2 aromatic carbocycles. The third kappa shape index (κ3) is 2.75. The highest BCUT2D eigenvalue weighted by molar-refractivity contribution is 9.10. The lowest BCUT2D eigenvalue weighted by Gasteiger charge is -2.31. The standard InChI is InChI=1S/C17H15BrFN5/c18-12-5-1-10(2-6-12)14-9-15(11-3-7-13(19)8-4-11)24-17(21-14)22-16(20)23-24/h1-8,14-15H,9H2,(H3,20,21,22,23). The molecule has 7 heteroatoms. The summed E-state index contributed by atoms with van der Waals surface area (Å²) in [6.45, 7) is 0. The topological polar surface area (TPSA) is 68.8 Å². The SMILES string of the molecule is Nc1nc2n(n1)C(c1ccc(F)cc1)CC(c1ccc(Br)cc1)N2. The van der Waals surface area contributed by atoms with Crippen LogP contribution in [-0.4, -0.2) is 14.8 Å². The zero-order valence-electron chi connectivity index (χ0n) is 12.7. The van der Waals surface area contributed by atoms with Crippen LogP contribution in [0.3, 0.4) is 0 Å². The molecule has 24 heavy (non-hydrogen) atoms.